The second-order valence-corrected chi connectivity index (χ2v) is 3.08. The summed E-state index contributed by atoms with van der Waals surface area (Å²) >= 11 is 5.42. The first-order chi connectivity index (χ1) is 7.15. The van der Waals surface area contributed by atoms with Crippen molar-refractivity contribution in [1.82, 2.24) is 0 Å². The van der Waals surface area contributed by atoms with Gasteiger partial charge in [-0.05, 0) is 6.07 Å². The summed E-state index contributed by atoms with van der Waals surface area (Å²) < 4.78 is 0. The Hall–Kier alpha value is -1.73. The monoisotopic (exact) mass is 225 g/mol. The number of nitro groups is 1. The maximum atomic E-state index is 10.4. The summed E-state index contributed by atoms with van der Waals surface area (Å²) in [7, 11) is 0. The lowest BCUT2D eigenvalue weighted by molar-refractivity contribution is -0.385. The van der Waals surface area contributed by atoms with Crippen LogP contribution in [0.15, 0.2) is 18.2 Å². The number of hydrogen-bond acceptors (Lipinski definition) is 3. The zero-order valence-electron chi connectivity index (χ0n) is 7.74. The van der Waals surface area contributed by atoms with Crippen molar-refractivity contribution >= 4 is 17.3 Å². The summed E-state index contributed by atoms with van der Waals surface area (Å²) in [6, 6.07) is 3.97. The van der Waals surface area contributed by atoms with Crippen LogP contribution in [0, 0.1) is 22.0 Å². The van der Waals surface area contributed by atoms with Crippen molar-refractivity contribution in [2.75, 3.05) is 5.88 Å². The molecule has 0 aliphatic carbocycles. The van der Waals surface area contributed by atoms with Crippen LogP contribution in [0.5, 0.6) is 5.75 Å². The molecule has 0 unspecified atom stereocenters. The molecule has 4 nitrogen and oxygen atoms in total. The van der Waals surface area contributed by atoms with Crippen LogP contribution in [0.1, 0.15) is 12.0 Å². The van der Waals surface area contributed by atoms with E-state index in [1.165, 1.54) is 18.2 Å². The van der Waals surface area contributed by atoms with Crippen molar-refractivity contribution in [2.24, 2.45) is 0 Å². The molecule has 0 fully saturated rings. The lowest BCUT2D eigenvalue weighted by Gasteiger charge is -1.95. The van der Waals surface area contributed by atoms with Crippen LogP contribution in [0.4, 0.5) is 5.69 Å². The van der Waals surface area contributed by atoms with Gasteiger partial charge in [0.25, 0.3) is 0 Å². The smallest absolute Gasteiger partial charge is 0.310 e. The van der Waals surface area contributed by atoms with Crippen molar-refractivity contribution in [3.8, 4) is 17.6 Å². The largest absolute Gasteiger partial charge is 0.502 e. The van der Waals surface area contributed by atoms with Crippen molar-refractivity contribution in [2.45, 2.75) is 6.42 Å². The Balaban J connectivity index is 2.93. The highest BCUT2D eigenvalue weighted by Gasteiger charge is 2.11. The normalized spacial score (nSPS) is 9.13. The van der Waals surface area contributed by atoms with Crippen molar-refractivity contribution in [1.29, 1.82) is 0 Å². The Morgan fingerprint density at radius 1 is 1.53 bits per heavy atom. The molecule has 0 amide bonds. The Labute approximate surface area is 91.6 Å². The standard InChI is InChI=1S/C10H8ClNO3/c11-6-2-1-3-8-4-5-9(12(14)15)10(13)7-8/h4-5,7,13H,2,6H2. The number of aromatic hydroxyl groups is 1. The number of nitrogens with zero attached hydrogens (tertiary/aromatic N) is 1. The summed E-state index contributed by atoms with van der Waals surface area (Å²) in [4.78, 5) is 9.74. The Morgan fingerprint density at radius 2 is 2.27 bits per heavy atom. The summed E-state index contributed by atoms with van der Waals surface area (Å²) in [5.74, 6) is 5.56. The second-order valence-electron chi connectivity index (χ2n) is 2.70. The highest BCUT2D eigenvalue weighted by molar-refractivity contribution is 6.18. The molecule has 1 N–H and O–H groups in total. The van der Waals surface area contributed by atoms with Gasteiger partial charge < -0.3 is 5.11 Å². The molecular formula is C10H8ClNO3. The molecule has 0 saturated heterocycles. The fourth-order valence-corrected chi connectivity index (χ4v) is 1.06. The molecular weight excluding hydrogens is 218 g/mol. The Bertz CT molecular complexity index is 434. The van der Waals surface area contributed by atoms with Crippen LogP contribution in [0.3, 0.4) is 0 Å². The van der Waals surface area contributed by atoms with Gasteiger partial charge in [-0.15, -0.1) is 11.6 Å². The number of phenols is 1. The zero-order chi connectivity index (χ0) is 11.3. The first-order valence-corrected chi connectivity index (χ1v) is 4.71. The van der Waals surface area contributed by atoms with E-state index in [1.54, 1.807) is 0 Å². The summed E-state index contributed by atoms with van der Waals surface area (Å²) in [6.45, 7) is 0. The van der Waals surface area contributed by atoms with E-state index < -0.39 is 4.92 Å². The van der Waals surface area contributed by atoms with E-state index in [1.807, 2.05) is 0 Å². The van der Waals surface area contributed by atoms with Gasteiger partial charge in [-0.3, -0.25) is 10.1 Å². The first kappa shape index (κ1) is 11.3. The van der Waals surface area contributed by atoms with E-state index in [0.29, 0.717) is 17.9 Å². The van der Waals surface area contributed by atoms with Crippen molar-refractivity contribution in [3.05, 3.63) is 33.9 Å². The van der Waals surface area contributed by atoms with Gasteiger partial charge in [0, 0.05) is 30.0 Å². The van der Waals surface area contributed by atoms with Gasteiger partial charge in [0.2, 0.25) is 0 Å². The molecule has 15 heavy (non-hydrogen) atoms. The molecule has 0 spiro atoms. The minimum absolute atomic E-state index is 0.321. The number of hydrogen-bond donors (Lipinski definition) is 1. The molecule has 5 heteroatoms. The molecule has 1 aromatic carbocycles. The van der Waals surface area contributed by atoms with Crippen LogP contribution < -0.4 is 0 Å². The van der Waals surface area contributed by atoms with E-state index in [4.69, 9.17) is 11.6 Å². The predicted octanol–water partition coefficient (Wildman–Crippen LogP) is 2.28. The number of halogens is 1. The third-order valence-corrected chi connectivity index (χ3v) is 1.81. The molecule has 0 atom stereocenters. The lowest BCUT2D eigenvalue weighted by atomic mass is 10.2. The summed E-state index contributed by atoms with van der Waals surface area (Å²) in [5, 5.41) is 19.7. The molecule has 0 radical (unpaired) electrons. The molecule has 0 aliphatic heterocycles. The van der Waals surface area contributed by atoms with Gasteiger partial charge in [0.1, 0.15) is 0 Å². The fourth-order valence-electron chi connectivity index (χ4n) is 0.967. The van der Waals surface area contributed by atoms with Crippen LogP contribution in [-0.4, -0.2) is 15.9 Å². The molecule has 0 aromatic heterocycles. The molecule has 0 bridgehead atoms. The molecule has 0 heterocycles. The van der Waals surface area contributed by atoms with Gasteiger partial charge in [-0.2, -0.15) is 0 Å². The van der Waals surface area contributed by atoms with Gasteiger partial charge in [0.05, 0.1) is 4.92 Å². The van der Waals surface area contributed by atoms with E-state index in [9.17, 15) is 15.2 Å². The van der Waals surface area contributed by atoms with E-state index >= 15 is 0 Å². The summed E-state index contributed by atoms with van der Waals surface area (Å²) in [5.41, 5.74) is 0.209. The lowest BCUT2D eigenvalue weighted by Crippen LogP contribution is -1.88. The zero-order valence-corrected chi connectivity index (χ0v) is 8.49. The molecule has 78 valence electrons. The average molecular weight is 226 g/mol. The highest BCUT2D eigenvalue weighted by atomic mass is 35.5. The number of benzene rings is 1. The Morgan fingerprint density at radius 3 is 2.80 bits per heavy atom. The van der Waals surface area contributed by atoms with Crippen LogP contribution in [0.2, 0.25) is 0 Å². The SMILES string of the molecule is O=[N+]([O-])c1ccc(C#CCCCl)cc1O. The first-order valence-electron chi connectivity index (χ1n) is 4.17. The number of nitro benzene ring substituents is 1. The van der Waals surface area contributed by atoms with Gasteiger partial charge in [-0.25, -0.2) is 0 Å². The third kappa shape index (κ3) is 3.15. The Kier molecular flexibility index (Phi) is 3.95. The van der Waals surface area contributed by atoms with E-state index in [-0.39, 0.29) is 11.4 Å². The molecule has 1 aromatic rings. The average Bonchev–Trinajstić information content (AvgIpc) is 2.17. The third-order valence-electron chi connectivity index (χ3n) is 1.62. The van der Waals surface area contributed by atoms with Crippen LogP contribution >= 0.6 is 11.6 Å². The van der Waals surface area contributed by atoms with Gasteiger partial charge in [0.15, 0.2) is 5.75 Å². The van der Waals surface area contributed by atoms with E-state index in [0.717, 1.165) is 0 Å². The number of phenolic OH excluding ortho intramolecular Hbond substituents is 1. The highest BCUT2D eigenvalue weighted by Crippen LogP contribution is 2.25. The number of alkyl halides is 1. The molecule has 0 saturated carbocycles. The maximum absolute atomic E-state index is 10.4. The number of rotatable bonds is 2. The van der Waals surface area contributed by atoms with Crippen molar-refractivity contribution < 1.29 is 10.0 Å². The van der Waals surface area contributed by atoms with Crippen molar-refractivity contribution in [3.63, 3.8) is 0 Å². The quantitative estimate of drug-likeness (QED) is 0.364. The molecule has 0 aliphatic rings. The minimum Gasteiger partial charge on any atom is -0.502 e. The van der Waals surface area contributed by atoms with Crippen LogP contribution in [0.25, 0.3) is 0 Å². The van der Waals surface area contributed by atoms with Gasteiger partial charge in [-0.1, -0.05) is 11.8 Å². The van der Waals surface area contributed by atoms with Gasteiger partial charge >= 0.3 is 5.69 Å². The summed E-state index contributed by atoms with van der Waals surface area (Å²) in [6.07, 6.45) is 0.541. The van der Waals surface area contributed by atoms with E-state index in [2.05, 4.69) is 11.8 Å². The topological polar surface area (TPSA) is 63.4 Å². The predicted molar refractivity (Wildman–Crippen MR) is 57.0 cm³/mol. The maximum Gasteiger partial charge on any atom is 0.310 e. The second kappa shape index (κ2) is 5.23. The van der Waals surface area contributed by atoms with Crippen LogP contribution in [-0.2, 0) is 0 Å². The minimum atomic E-state index is -0.648. The molecule has 1 rings (SSSR count). The fraction of sp³-hybridized carbons (Fsp3) is 0.200.